The summed E-state index contributed by atoms with van der Waals surface area (Å²) in [5.74, 6) is 1.83. The molecule has 4 rings (SSSR count). The third-order valence-corrected chi connectivity index (χ3v) is 5.40. The zero-order chi connectivity index (χ0) is 19.9. The van der Waals surface area contributed by atoms with E-state index in [4.69, 9.17) is 9.47 Å². The zero-order valence-electron chi connectivity index (χ0n) is 16.9. The first kappa shape index (κ1) is 19.5. The lowest BCUT2D eigenvalue weighted by Gasteiger charge is -2.36. The third kappa shape index (κ3) is 4.61. The van der Waals surface area contributed by atoms with Crippen LogP contribution in [0.1, 0.15) is 22.7 Å². The van der Waals surface area contributed by atoms with Crippen molar-refractivity contribution in [3.05, 3.63) is 95.6 Å². The van der Waals surface area contributed by atoms with Crippen molar-refractivity contribution in [2.75, 3.05) is 33.3 Å². The zero-order valence-corrected chi connectivity index (χ0v) is 16.9. The molecule has 1 aliphatic rings. The molecule has 29 heavy (non-hydrogen) atoms. The van der Waals surface area contributed by atoms with Crippen LogP contribution in [0.3, 0.4) is 0 Å². The van der Waals surface area contributed by atoms with Crippen molar-refractivity contribution in [3.8, 4) is 11.5 Å². The number of methoxy groups -OCH3 is 1. The summed E-state index contributed by atoms with van der Waals surface area (Å²) < 4.78 is 12.0. The number of benzene rings is 3. The van der Waals surface area contributed by atoms with Crippen molar-refractivity contribution >= 4 is 0 Å². The van der Waals surface area contributed by atoms with Gasteiger partial charge in [0.2, 0.25) is 0 Å². The Labute approximate surface area is 173 Å². The van der Waals surface area contributed by atoms with Gasteiger partial charge in [-0.2, -0.15) is 0 Å². The topological polar surface area (TPSA) is 33.7 Å². The molecule has 4 heteroatoms. The molecule has 150 valence electrons. The summed E-state index contributed by atoms with van der Waals surface area (Å²) >= 11 is 0. The van der Waals surface area contributed by atoms with Crippen molar-refractivity contribution in [1.82, 2.24) is 10.2 Å². The smallest absolute Gasteiger partial charge is 0.124 e. The Morgan fingerprint density at radius 2 is 1.38 bits per heavy atom. The molecule has 1 N–H and O–H groups in total. The summed E-state index contributed by atoms with van der Waals surface area (Å²) in [6.45, 7) is 4.49. The fourth-order valence-corrected chi connectivity index (χ4v) is 3.97. The van der Waals surface area contributed by atoms with Gasteiger partial charge < -0.3 is 14.8 Å². The highest BCUT2D eigenvalue weighted by Gasteiger charge is 2.28. The summed E-state index contributed by atoms with van der Waals surface area (Å²) in [6, 6.07) is 27.1. The third-order valence-electron chi connectivity index (χ3n) is 5.40. The van der Waals surface area contributed by atoms with Crippen molar-refractivity contribution < 1.29 is 9.47 Å². The average molecular weight is 389 g/mol. The molecule has 1 saturated heterocycles. The lowest BCUT2D eigenvalue weighted by molar-refractivity contribution is 0.190. The van der Waals surface area contributed by atoms with Crippen molar-refractivity contribution in [2.45, 2.75) is 12.6 Å². The van der Waals surface area contributed by atoms with E-state index in [-0.39, 0.29) is 6.04 Å². The van der Waals surface area contributed by atoms with Gasteiger partial charge in [-0.3, -0.25) is 4.90 Å². The molecule has 1 heterocycles. The quantitative estimate of drug-likeness (QED) is 0.655. The first-order valence-corrected chi connectivity index (χ1v) is 10.2. The van der Waals surface area contributed by atoms with Gasteiger partial charge in [0.15, 0.2) is 0 Å². The second kappa shape index (κ2) is 9.59. The van der Waals surface area contributed by atoms with Crippen molar-refractivity contribution in [3.63, 3.8) is 0 Å². The van der Waals surface area contributed by atoms with E-state index >= 15 is 0 Å². The van der Waals surface area contributed by atoms with Crippen molar-refractivity contribution in [2.24, 2.45) is 0 Å². The van der Waals surface area contributed by atoms with E-state index in [0.29, 0.717) is 6.61 Å². The molecule has 1 unspecified atom stereocenters. The maximum absolute atomic E-state index is 6.31. The lowest BCUT2D eigenvalue weighted by Crippen LogP contribution is -2.45. The van der Waals surface area contributed by atoms with Crippen molar-refractivity contribution in [1.29, 1.82) is 0 Å². The van der Waals surface area contributed by atoms with Gasteiger partial charge in [0.05, 0.1) is 13.2 Å². The van der Waals surface area contributed by atoms with Crippen LogP contribution in [-0.2, 0) is 6.61 Å². The van der Waals surface area contributed by atoms with Gasteiger partial charge in [-0.1, -0.05) is 66.7 Å². The maximum Gasteiger partial charge on any atom is 0.124 e. The number of hydrogen-bond acceptors (Lipinski definition) is 4. The maximum atomic E-state index is 6.31. The van der Waals surface area contributed by atoms with E-state index in [9.17, 15) is 0 Å². The molecule has 0 aliphatic carbocycles. The van der Waals surface area contributed by atoms with Crippen LogP contribution in [0.4, 0.5) is 0 Å². The van der Waals surface area contributed by atoms with Crippen LogP contribution in [0.15, 0.2) is 78.9 Å². The van der Waals surface area contributed by atoms with Crippen LogP contribution in [0.25, 0.3) is 0 Å². The van der Waals surface area contributed by atoms with E-state index < -0.39 is 0 Å². The van der Waals surface area contributed by atoms with E-state index in [1.807, 2.05) is 36.4 Å². The van der Waals surface area contributed by atoms with Crippen LogP contribution in [-0.4, -0.2) is 38.2 Å². The number of piperazine rings is 1. The highest BCUT2D eigenvalue weighted by molar-refractivity contribution is 5.47. The van der Waals surface area contributed by atoms with Crippen LogP contribution in [0.5, 0.6) is 11.5 Å². The minimum atomic E-state index is 0.0835. The Balaban J connectivity index is 1.71. The molecular formula is C25H28N2O2. The Bertz CT molecular complexity index is 907. The summed E-state index contributed by atoms with van der Waals surface area (Å²) in [5, 5.41) is 3.46. The monoisotopic (exact) mass is 388 g/mol. The predicted octanol–water partition coefficient (Wildman–Crippen LogP) is 4.27. The molecular weight excluding hydrogens is 360 g/mol. The minimum Gasteiger partial charge on any atom is -0.496 e. The van der Waals surface area contributed by atoms with Gasteiger partial charge in [0.1, 0.15) is 18.1 Å². The highest BCUT2D eigenvalue weighted by atomic mass is 16.5. The first-order chi connectivity index (χ1) is 14.4. The standard InChI is InChI=1S/C25H28N2O2/c1-28-23-13-7-5-11-21(23)25(27-17-15-26-16-18-27)22-12-6-8-14-24(22)29-19-20-9-3-2-4-10-20/h2-14,25-26H,15-19H2,1H3. The van der Waals surface area contributed by atoms with E-state index in [2.05, 4.69) is 52.7 Å². The lowest BCUT2D eigenvalue weighted by atomic mass is 9.94. The molecule has 4 nitrogen and oxygen atoms in total. The Kier molecular flexibility index (Phi) is 6.45. The molecule has 0 radical (unpaired) electrons. The number of rotatable bonds is 7. The molecule has 1 atom stereocenters. The first-order valence-electron chi connectivity index (χ1n) is 10.2. The molecule has 0 saturated carbocycles. The SMILES string of the molecule is COc1ccccc1C(c1ccccc1OCc1ccccc1)N1CCNCC1. The summed E-state index contributed by atoms with van der Waals surface area (Å²) in [4.78, 5) is 2.51. The van der Waals surface area contributed by atoms with Crippen LogP contribution >= 0.6 is 0 Å². The number of para-hydroxylation sites is 2. The van der Waals surface area contributed by atoms with E-state index in [0.717, 1.165) is 37.7 Å². The molecule has 1 fully saturated rings. The highest BCUT2D eigenvalue weighted by Crippen LogP contribution is 2.39. The predicted molar refractivity (Wildman–Crippen MR) is 116 cm³/mol. The molecule has 3 aromatic carbocycles. The molecule has 0 aromatic heterocycles. The summed E-state index contributed by atoms with van der Waals surface area (Å²) in [5.41, 5.74) is 3.51. The normalized spacial score (nSPS) is 15.6. The Morgan fingerprint density at radius 1 is 0.793 bits per heavy atom. The number of hydrogen-bond donors (Lipinski definition) is 1. The van der Waals surface area contributed by atoms with Crippen LogP contribution in [0, 0.1) is 0 Å². The fraction of sp³-hybridized carbons (Fsp3) is 0.280. The van der Waals surface area contributed by atoms with E-state index in [1.165, 1.54) is 16.7 Å². The number of nitrogens with zero attached hydrogens (tertiary/aromatic N) is 1. The Morgan fingerprint density at radius 3 is 2.07 bits per heavy atom. The second-order valence-electron chi connectivity index (χ2n) is 7.24. The number of nitrogens with one attached hydrogen (secondary N) is 1. The molecule has 0 spiro atoms. The van der Waals surface area contributed by atoms with E-state index in [1.54, 1.807) is 7.11 Å². The van der Waals surface area contributed by atoms with Gasteiger partial charge in [-0.05, 0) is 17.7 Å². The summed E-state index contributed by atoms with van der Waals surface area (Å²) in [7, 11) is 1.74. The molecule has 3 aromatic rings. The van der Waals surface area contributed by atoms with Gasteiger partial charge in [0, 0.05) is 37.3 Å². The van der Waals surface area contributed by atoms with Crippen LogP contribution in [0.2, 0.25) is 0 Å². The van der Waals surface area contributed by atoms with Gasteiger partial charge in [-0.15, -0.1) is 0 Å². The second-order valence-corrected chi connectivity index (χ2v) is 7.24. The summed E-state index contributed by atoms with van der Waals surface area (Å²) in [6.07, 6.45) is 0. The minimum absolute atomic E-state index is 0.0835. The molecule has 1 aliphatic heterocycles. The van der Waals surface area contributed by atoms with Gasteiger partial charge in [0.25, 0.3) is 0 Å². The van der Waals surface area contributed by atoms with Gasteiger partial charge >= 0.3 is 0 Å². The largest absolute Gasteiger partial charge is 0.496 e. The fourth-order valence-electron chi connectivity index (χ4n) is 3.97. The van der Waals surface area contributed by atoms with Crippen LogP contribution < -0.4 is 14.8 Å². The average Bonchev–Trinajstić information content (AvgIpc) is 2.80. The molecule has 0 bridgehead atoms. The van der Waals surface area contributed by atoms with Gasteiger partial charge in [-0.25, -0.2) is 0 Å². The Hall–Kier alpha value is -2.82. The molecule has 0 amide bonds. The number of ether oxygens (including phenoxy) is 2.